The van der Waals surface area contributed by atoms with Crippen LogP contribution in [-0.4, -0.2) is 11.4 Å². The highest BCUT2D eigenvalue weighted by Gasteiger charge is 2.27. The second-order valence-electron chi connectivity index (χ2n) is 15.0. The molecule has 3 aromatic carbocycles. The summed E-state index contributed by atoms with van der Waals surface area (Å²) >= 11 is 0. The summed E-state index contributed by atoms with van der Waals surface area (Å²) in [4.78, 5) is 10.8. The van der Waals surface area contributed by atoms with Crippen molar-refractivity contribution in [3.8, 4) is 0 Å². The van der Waals surface area contributed by atoms with Crippen LogP contribution in [0.1, 0.15) is 141 Å². The van der Waals surface area contributed by atoms with E-state index in [1.807, 2.05) is 0 Å². The fourth-order valence-corrected chi connectivity index (χ4v) is 6.58. The summed E-state index contributed by atoms with van der Waals surface area (Å²) in [5, 5.41) is 3.80. The molecule has 3 aromatic rings. The smallest absolute Gasteiger partial charge is 0.0702 e. The van der Waals surface area contributed by atoms with Crippen molar-refractivity contribution in [2.45, 2.75) is 119 Å². The number of dihydropyridines is 1. The number of benzene rings is 3. The summed E-state index contributed by atoms with van der Waals surface area (Å²) in [5.41, 5.74) is 12.9. The van der Waals surface area contributed by atoms with Crippen molar-refractivity contribution < 1.29 is 0 Å². The van der Waals surface area contributed by atoms with Gasteiger partial charge in [0.05, 0.1) is 34.2 Å². The lowest BCUT2D eigenvalue weighted by Crippen LogP contribution is -2.30. The van der Waals surface area contributed by atoms with E-state index in [9.17, 15) is 0 Å². The van der Waals surface area contributed by atoms with Crippen LogP contribution in [0.4, 0.5) is 11.4 Å². The van der Waals surface area contributed by atoms with Crippen LogP contribution in [0, 0.1) is 5.92 Å². The van der Waals surface area contributed by atoms with Crippen molar-refractivity contribution in [2.24, 2.45) is 15.9 Å². The monoisotopic (exact) mass is 615 g/mol. The van der Waals surface area contributed by atoms with Gasteiger partial charge in [-0.2, -0.15) is 0 Å². The topological polar surface area (TPSA) is 36.8 Å². The summed E-state index contributed by atoms with van der Waals surface area (Å²) in [6.07, 6.45) is 5.75. The summed E-state index contributed by atoms with van der Waals surface area (Å²) in [7, 11) is 0. The summed E-state index contributed by atoms with van der Waals surface area (Å²) in [6.45, 7) is 27.1. The first-order chi connectivity index (χ1) is 21.7. The Kier molecular flexibility index (Phi) is 11.3. The van der Waals surface area contributed by atoms with Crippen LogP contribution in [0.2, 0.25) is 0 Å². The van der Waals surface area contributed by atoms with Crippen LogP contribution in [-0.2, 0) is 5.41 Å². The van der Waals surface area contributed by atoms with Gasteiger partial charge in [-0.15, -0.1) is 0 Å². The fraction of sp³-hybridized carbons (Fsp3) is 0.442. The average Bonchev–Trinajstić information content (AvgIpc) is 3.00. The maximum Gasteiger partial charge on any atom is 0.0702 e. The summed E-state index contributed by atoms with van der Waals surface area (Å²) in [6, 6.07) is 24.2. The van der Waals surface area contributed by atoms with Gasteiger partial charge in [0.25, 0.3) is 0 Å². The first-order valence-electron chi connectivity index (χ1n) is 17.3. The lowest BCUT2D eigenvalue weighted by molar-refractivity contribution is 0.439. The van der Waals surface area contributed by atoms with Gasteiger partial charge in [0.2, 0.25) is 0 Å². The number of aliphatic imine (C=N–C) groups is 2. The van der Waals surface area contributed by atoms with Gasteiger partial charge in [-0.1, -0.05) is 148 Å². The molecule has 0 fully saturated rings. The van der Waals surface area contributed by atoms with Crippen molar-refractivity contribution in [1.82, 2.24) is 5.32 Å². The Hall–Kier alpha value is -3.72. The minimum absolute atomic E-state index is 0.00725. The average molecular weight is 616 g/mol. The third-order valence-electron chi connectivity index (χ3n) is 9.36. The Bertz CT molecular complexity index is 1480. The molecule has 3 heteroatoms. The predicted molar refractivity (Wildman–Crippen MR) is 202 cm³/mol. The van der Waals surface area contributed by atoms with E-state index in [1.54, 1.807) is 0 Å². The molecule has 1 heterocycles. The first kappa shape index (κ1) is 35.1. The van der Waals surface area contributed by atoms with Gasteiger partial charge in [0.15, 0.2) is 0 Å². The molecule has 0 aromatic heterocycles. The Morgan fingerprint density at radius 2 is 0.957 bits per heavy atom. The maximum atomic E-state index is 5.39. The lowest BCUT2D eigenvalue weighted by atomic mass is 9.76. The van der Waals surface area contributed by atoms with Crippen LogP contribution in [0.5, 0.6) is 0 Å². The van der Waals surface area contributed by atoms with Crippen LogP contribution in [0.25, 0.3) is 0 Å². The summed E-state index contributed by atoms with van der Waals surface area (Å²) < 4.78 is 0. The molecule has 1 N–H and O–H groups in total. The number of hydrogen-bond donors (Lipinski definition) is 1. The zero-order valence-electron chi connectivity index (χ0n) is 30.5. The van der Waals surface area contributed by atoms with Crippen LogP contribution < -0.4 is 5.32 Å². The third-order valence-corrected chi connectivity index (χ3v) is 9.36. The Morgan fingerprint density at radius 3 is 1.30 bits per heavy atom. The minimum Gasteiger partial charge on any atom is -0.353 e. The zero-order valence-corrected chi connectivity index (χ0v) is 30.5. The van der Waals surface area contributed by atoms with Crippen LogP contribution in [0.3, 0.4) is 0 Å². The van der Waals surface area contributed by atoms with Crippen LogP contribution in [0.15, 0.2) is 100 Å². The molecule has 0 aliphatic carbocycles. The fourth-order valence-electron chi connectivity index (χ4n) is 6.58. The number of nitrogens with zero attached hydrogens (tertiary/aromatic N) is 2. The molecule has 1 aliphatic rings. The Labute approximate surface area is 280 Å². The molecule has 244 valence electrons. The highest BCUT2D eigenvalue weighted by molar-refractivity contribution is 6.05. The standard InChI is InChI=1S/C43H57N3/c1-27(2)35-20-16-21-36(28(3)4)41(35)44-31(9)39-24-33(26-43(11,12)34-18-14-13-15-19-34)25-40(46-39)32(10)45-42-37(29(5)6)22-17-23-38(42)30(7)8/h13-25,27-30,33,46H,26H2,1-12H3. The molecule has 0 radical (unpaired) electrons. The van der Waals surface area contributed by atoms with E-state index in [0.717, 1.165) is 40.6 Å². The van der Waals surface area contributed by atoms with Gasteiger partial charge < -0.3 is 5.32 Å². The van der Waals surface area contributed by atoms with Crippen molar-refractivity contribution >= 4 is 22.8 Å². The molecule has 0 saturated carbocycles. The van der Waals surface area contributed by atoms with E-state index in [2.05, 4.69) is 167 Å². The minimum atomic E-state index is -0.00725. The van der Waals surface area contributed by atoms with Gasteiger partial charge in [-0.25, -0.2) is 0 Å². The maximum absolute atomic E-state index is 5.39. The van der Waals surface area contributed by atoms with Gasteiger partial charge in [-0.05, 0) is 77.2 Å². The highest BCUT2D eigenvalue weighted by atomic mass is 15.0. The molecule has 0 amide bonds. The van der Waals surface area contributed by atoms with Crippen molar-refractivity contribution in [1.29, 1.82) is 0 Å². The molecule has 1 aliphatic heterocycles. The molecular formula is C43H57N3. The quantitative estimate of drug-likeness (QED) is 0.214. The van der Waals surface area contributed by atoms with E-state index >= 15 is 0 Å². The SMILES string of the molecule is CC(=Nc1c(C(C)C)cccc1C(C)C)C1=CC(CC(C)(C)c2ccccc2)C=C(C(C)=Nc2c(C(C)C)cccc2C(C)C)N1. The number of nitrogens with one attached hydrogen (secondary N) is 1. The number of hydrogen-bond acceptors (Lipinski definition) is 3. The van der Waals surface area contributed by atoms with E-state index in [-0.39, 0.29) is 11.3 Å². The van der Waals surface area contributed by atoms with E-state index in [0.29, 0.717) is 23.7 Å². The molecule has 0 atom stereocenters. The summed E-state index contributed by atoms with van der Waals surface area (Å²) in [5.74, 6) is 1.77. The highest BCUT2D eigenvalue weighted by Crippen LogP contribution is 2.38. The molecule has 0 bridgehead atoms. The number of rotatable bonds is 11. The molecule has 0 spiro atoms. The largest absolute Gasteiger partial charge is 0.353 e. The molecule has 46 heavy (non-hydrogen) atoms. The Morgan fingerprint density at radius 1 is 0.587 bits per heavy atom. The van der Waals surface area contributed by atoms with Crippen molar-refractivity contribution in [3.05, 3.63) is 118 Å². The van der Waals surface area contributed by atoms with Crippen molar-refractivity contribution in [2.75, 3.05) is 0 Å². The number of allylic oxidation sites excluding steroid dienone is 4. The number of para-hydroxylation sites is 2. The van der Waals surface area contributed by atoms with E-state index in [1.165, 1.54) is 27.8 Å². The second kappa shape index (κ2) is 14.8. The first-order valence-corrected chi connectivity index (χ1v) is 17.3. The van der Waals surface area contributed by atoms with Gasteiger partial charge in [0.1, 0.15) is 0 Å². The van der Waals surface area contributed by atoms with E-state index in [4.69, 9.17) is 9.98 Å². The zero-order chi connectivity index (χ0) is 33.8. The van der Waals surface area contributed by atoms with Crippen LogP contribution >= 0.6 is 0 Å². The molecule has 4 rings (SSSR count). The van der Waals surface area contributed by atoms with Crippen molar-refractivity contribution in [3.63, 3.8) is 0 Å². The molecule has 0 unspecified atom stereocenters. The van der Waals surface area contributed by atoms with Gasteiger partial charge in [-0.3, -0.25) is 9.98 Å². The van der Waals surface area contributed by atoms with Gasteiger partial charge >= 0.3 is 0 Å². The Balaban J connectivity index is 1.84. The predicted octanol–water partition coefficient (Wildman–Crippen LogP) is 12.4. The molecular weight excluding hydrogens is 558 g/mol. The molecule has 0 saturated heterocycles. The normalized spacial score (nSPS) is 16.3. The van der Waals surface area contributed by atoms with E-state index < -0.39 is 0 Å². The lowest BCUT2D eigenvalue weighted by Gasteiger charge is -2.31. The molecule has 3 nitrogen and oxygen atoms in total. The third kappa shape index (κ3) is 8.16. The van der Waals surface area contributed by atoms with Gasteiger partial charge in [0, 0.05) is 5.92 Å². The second-order valence-corrected chi connectivity index (χ2v) is 15.0.